The van der Waals surface area contributed by atoms with E-state index in [1.807, 2.05) is 17.2 Å². The number of aromatic amines is 1. The summed E-state index contributed by atoms with van der Waals surface area (Å²) in [4.78, 5) is 29.8. The van der Waals surface area contributed by atoms with Gasteiger partial charge in [0.25, 0.3) is 0 Å². The molecule has 0 bridgehead atoms. The van der Waals surface area contributed by atoms with Crippen LogP contribution in [0, 0.1) is 0 Å². The number of morpholine rings is 1. The Morgan fingerprint density at radius 1 is 1.26 bits per heavy atom. The predicted molar refractivity (Wildman–Crippen MR) is 101 cm³/mol. The molecule has 3 fully saturated rings. The molecule has 0 aliphatic carbocycles. The summed E-state index contributed by atoms with van der Waals surface area (Å²) in [6.45, 7) is 4.60. The monoisotopic (exact) mass is 370 g/mol. The predicted octanol–water partition coefficient (Wildman–Crippen LogP) is 1.23. The highest BCUT2D eigenvalue weighted by Crippen LogP contribution is 2.40. The van der Waals surface area contributed by atoms with Gasteiger partial charge in [0.2, 0.25) is 5.91 Å². The van der Waals surface area contributed by atoms with Crippen molar-refractivity contribution in [1.82, 2.24) is 24.8 Å². The fourth-order valence-corrected chi connectivity index (χ4v) is 5.00. The van der Waals surface area contributed by atoms with Crippen LogP contribution in [0.3, 0.4) is 0 Å². The molecule has 0 spiro atoms. The average Bonchev–Trinajstić information content (AvgIpc) is 3.33. The number of hydrogen-bond acceptors (Lipinski definition) is 6. The van der Waals surface area contributed by atoms with Gasteiger partial charge in [0.05, 0.1) is 18.6 Å². The first-order valence-corrected chi connectivity index (χ1v) is 9.93. The Morgan fingerprint density at radius 2 is 2.15 bits per heavy atom. The van der Waals surface area contributed by atoms with Gasteiger partial charge in [-0.3, -0.25) is 9.69 Å². The fourth-order valence-electron chi connectivity index (χ4n) is 5.00. The zero-order chi connectivity index (χ0) is 18.3. The summed E-state index contributed by atoms with van der Waals surface area (Å²) >= 11 is 0. The number of rotatable bonds is 3. The fraction of sp³-hybridized carbons (Fsp3) is 0.632. The number of aromatic nitrogens is 3. The Labute approximate surface area is 158 Å². The quantitative estimate of drug-likeness (QED) is 0.845. The van der Waals surface area contributed by atoms with E-state index in [1.165, 1.54) is 6.42 Å². The lowest BCUT2D eigenvalue weighted by Crippen LogP contribution is -2.60. The first kappa shape index (κ1) is 16.9. The summed E-state index contributed by atoms with van der Waals surface area (Å²) in [6, 6.07) is 2.20. The van der Waals surface area contributed by atoms with Crippen LogP contribution >= 0.6 is 0 Å². The van der Waals surface area contributed by atoms with Gasteiger partial charge in [-0.15, -0.1) is 0 Å². The molecule has 5 heterocycles. The molecule has 2 N–H and O–H groups in total. The van der Waals surface area contributed by atoms with Crippen molar-refractivity contribution in [2.75, 3.05) is 44.7 Å². The average molecular weight is 370 g/mol. The normalized spacial score (nSPS) is 29.0. The molecule has 8 heteroatoms. The number of ether oxygens (including phenoxy) is 1. The zero-order valence-electron chi connectivity index (χ0n) is 15.5. The SMILES string of the molecule is O=C(N1CCOCC1)[C@]12CCCCN1C[C@@H](Nc1ncnc3[nH]ccc13)C2. The molecule has 27 heavy (non-hydrogen) atoms. The molecule has 2 aromatic rings. The molecule has 2 aromatic heterocycles. The minimum Gasteiger partial charge on any atom is -0.378 e. The molecule has 8 nitrogen and oxygen atoms in total. The van der Waals surface area contributed by atoms with Crippen molar-refractivity contribution in [3.05, 3.63) is 18.6 Å². The van der Waals surface area contributed by atoms with Crippen molar-refractivity contribution in [2.24, 2.45) is 0 Å². The van der Waals surface area contributed by atoms with Crippen LogP contribution in [0.2, 0.25) is 0 Å². The number of nitrogens with zero attached hydrogens (tertiary/aromatic N) is 4. The van der Waals surface area contributed by atoms with Crippen LogP contribution in [-0.4, -0.2) is 81.6 Å². The number of carbonyl (C=O) groups is 1. The van der Waals surface area contributed by atoms with Crippen molar-refractivity contribution < 1.29 is 9.53 Å². The second-order valence-electron chi connectivity index (χ2n) is 7.85. The van der Waals surface area contributed by atoms with Gasteiger partial charge in [-0.2, -0.15) is 0 Å². The van der Waals surface area contributed by atoms with Crippen LogP contribution in [-0.2, 0) is 9.53 Å². The van der Waals surface area contributed by atoms with Gasteiger partial charge >= 0.3 is 0 Å². The van der Waals surface area contributed by atoms with E-state index in [1.54, 1.807) is 6.33 Å². The highest BCUT2D eigenvalue weighted by molar-refractivity contribution is 5.88. The molecule has 1 amide bonds. The van der Waals surface area contributed by atoms with E-state index < -0.39 is 0 Å². The minimum atomic E-state index is -0.364. The maximum Gasteiger partial charge on any atom is 0.243 e. The van der Waals surface area contributed by atoms with Crippen molar-refractivity contribution >= 4 is 22.8 Å². The molecular formula is C19H26N6O2. The van der Waals surface area contributed by atoms with Gasteiger partial charge in [-0.05, 0) is 38.3 Å². The molecule has 2 atom stereocenters. The zero-order valence-corrected chi connectivity index (χ0v) is 15.5. The molecule has 5 rings (SSSR count). The topological polar surface area (TPSA) is 86.4 Å². The molecular weight excluding hydrogens is 344 g/mol. The maximum absolute atomic E-state index is 13.5. The van der Waals surface area contributed by atoms with Crippen LogP contribution in [0.15, 0.2) is 18.6 Å². The Morgan fingerprint density at radius 3 is 3.04 bits per heavy atom. The third-order valence-electron chi connectivity index (χ3n) is 6.29. The molecule has 3 aliphatic rings. The Kier molecular flexibility index (Phi) is 4.24. The van der Waals surface area contributed by atoms with Crippen LogP contribution in [0.5, 0.6) is 0 Å². The Balaban J connectivity index is 1.39. The minimum absolute atomic E-state index is 0.209. The number of hydrogen-bond donors (Lipinski definition) is 2. The largest absolute Gasteiger partial charge is 0.378 e. The van der Waals surface area contributed by atoms with Crippen LogP contribution in [0.25, 0.3) is 11.0 Å². The lowest BCUT2D eigenvalue weighted by Gasteiger charge is -2.44. The van der Waals surface area contributed by atoms with Gasteiger partial charge in [0.15, 0.2) is 0 Å². The second kappa shape index (κ2) is 6.76. The summed E-state index contributed by atoms with van der Waals surface area (Å²) in [5.74, 6) is 1.14. The smallest absolute Gasteiger partial charge is 0.243 e. The third kappa shape index (κ3) is 2.87. The summed E-state index contributed by atoms with van der Waals surface area (Å²) < 4.78 is 5.44. The van der Waals surface area contributed by atoms with Gasteiger partial charge < -0.3 is 19.9 Å². The Hall–Kier alpha value is -2.19. The molecule has 3 aliphatic heterocycles. The highest BCUT2D eigenvalue weighted by atomic mass is 16.5. The molecule has 0 aromatic carbocycles. The van der Waals surface area contributed by atoms with Gasteiger partial charge in [0, 0.05) is 31.9 Å². The van der Waals surface area contributed by atoms with E-state index in [0.717, 1.165) is 49.2 Å². The molecule has 3 saturated heterocycles. The van der Waals surface area contributed by atoms with E-state index in [-0.39, 0.29) is 11.6 Å². The van der Waals surface area contributed by atoms with Crippen LogP contribution in [0.1, 0.15) is 25.7 Å². The van der Waals surface area contributed by atoms with Crippen molar-refractivity contribution in [3.8, 4) is 0 Å². The van der Waals surface area contributed by atoms with E-state index in [2.05, 4.69) is 25.2 Å². The molecule has 144 valence electrons. The maximum atomic E-state index is 13.5. The number of fused-ring (bicyclic) bond motifs is 2. The van der Waals surface area contributed by atoms with E-state index >= 15 is 0 Å². The number of amides is 1. The van der Waals surface area contributed by atoms with Crippen molar-refractivity contribution in [2.45, 2.75) is 37.3 Å². The third-order valence-corrected chi connectivity index (χ3v) is 6.29. The first-order chi connectivity index (χ1) is 13.3. The molecule has 0 unspecified atom stereocenters. The van der Waals surface area contributed by atoms with Gasteiger partial charge in [0.1, 0.15) is 23.3 Å². The summed E-state index contributed by atoms with van der Waals surface area (Å²) in [5, 5.41) is 4.60. The second-order valence-corrected chi connectivity index (χ2v) is 7.85. The number of H-pyrrole nitrogens is 1. The van der Waals surface area contributed by atoms with Crippen LogP contribution in [0.4, 0.5) is 5.82 Å². The van der Waals surface area contributed by atoms with Gasteiger partial charge in [-0.25, -0.2) is 9.97 Å². The van der Waals surface area contributed by atoms with E-state index in [9.17, 15) is 4.79 Å². The lowest BCUT2D eigenvalue weighted by molar-refractivity contribution is -0.149. The summed E-state index contributed by atoms with van der Waals surface area (Å²) in [5.41, 5.74) is 0.472. The number of piperidine rings is 1. The summed E-state index contributed by atoms with van der Waals surface area (Å²) in [7, 11) is 0. The Bertz CT molecular complexity index is 832. The van der Waals surface area contributed by atoms with Crippen molar-refractivity contribution in [3.63, 3.8) is 0 Å². The van der Waals surface area contributed by atoms with Crippen LogP contribution < -0.4 is 5.32 Å². The number of carbonyl (C=O) groups excluding carboxylic acids is 1. The van der Waals surface area contributed by atoms with Gasteiger partial charge in [-0.1, -0.05) is 0 Å². The molecule has 0 saturated carbocycles. The molecule has 0 radical (unpaired) electrons. The van der Waals surface area contributed by atoms with E-state index in [0.29, 0.717) is 32.2 Å². The first-order valence-electron chi connectivity index (χ1n) is 9.93. The lowest BCUT2D eigenvalue weighted by atomic mass is 9.84. The standard InChI is InChI=1S/C19H26N6O2/c26-18(24-7-9-27-10-8-24)19-4-1-2-6-25(19)12-14(11-19)23-17-15-3-5-20-16(15)21-13-22-17/h3,5,13-14H,1-2,4,6-12H2,(H2,20,21,22,23)/t14-,19+/m0/s1. The number of anilines is 1. The van der Waals surface area contributed by atoms with E-state index in [4.69, 9.17) is 4.74 Å². The number of nitrogens with one attached hydrogen (secondary N) is 2. The van der Waals surface area contributed by atoms with Crippen molar-refractivity contribution in [1.29, 1.82) is 0 Å². The summed E-state index contributed by atoms with van der Waals surface area (Å²) in [6.07, 6.45) is 7.53. The highest BCUT2D eigenvalue weighted by Gasteiger charge is 2.53.